The highest BCUT2D eigenvalue weighted by atomic mass is 32.2. The van der Waals surface area contributed by atoms with Crippen LogP contribution in [0.4, 0.5) is 10.5 Å². The lowest BCUT2D eigenvalue weighted by molar-refractivity contribution is -0.118. The normalized spacial score (nSPS) is 13.6. The number of nitrogens with zero attached hydrogens (tertiary/aromatic N) is 2. The molecule has 0 saturated carbocycles. The largest absolute Gasteiger partial charge is 0.447 e. The van der Waals surface area contributed by atoms with Crippen molar-refractivity contribution < 1.29 is 14.3 Å². The third-order valence-corrected chi connectivity index (χ3v) is 4.70. The summed E-state index contributed by atoms with van der Waals surface area (Å²) in [6.45, 7) is 1.40. The molecule has 2 heterocycles. The van der Waals surface area contributed by atoms with Gasteiger partial charge in [0, 0.05) is 30.4 Å². The van der Waals surface area contributed by atoms with E-state index >= 15 is 0 Å². The minimum atomic E-state index is -0.326. The number of hydrogen-bond donors (Lipinski definition) is 1. The average Bonchev–Trinajstić information content (AvgIpc) is 3.07. The number of nitrogens with one attached hydrogen (secondary N) is 1. The first-order valence-corrected chi connectivity index (χ1v) is 9.14. The van der Waals surface area contributed by atoms with Gasteiger partial charge >= 0.3 is 6.09 Å². The van der Waals surface area contributed by atoms with E-state index in [1.807, 2.05) is 36.4 Å². The Balaban J connectivity index is 1.45. The summed E-state index contributed by atoms with van der Waals surface area (Å²) in [6.07, 6.45) is 3.21. The van der Waals surface area contributed by atoms with Crippen LogP contribution in [0.25, 0.3) is 0 Å². The van der Waals surface area contributed by atoms with Crippen molar-refractivity contribution in [3.8, 4) is 0 Å². The Morgan fingerprint density at radius 3 is 2.92 bits per heavy atom. The molecule has 1 N–H and O–H groups in total. The Bertz CT molecular complexity index is 739. The fourth-order valence-corrected chi connectivity index (χ4v) is 3.26. The highest BCUT2D eigenvalue weighted by Crippen LogP contribution is 2.20. The summed E-state index contributed by atoms with van der Waals surface area (Å²) in [4.78, 5) is 29.2. The molecule has 2 aromatic rings. The number of pyridine rings is 1. The van der Waals surface area contributed by atoms with Gasteiger partial charge in [0.1, 0.15) is 6.61 Å². The number of anilines is 1. The van der Waals surface area contributed by atoms with Gasteiger partial charge in [-0.25, -0.2) is 4.79 Å². The maximum absolute atomic E-state index is 12.0. The number of ether oxygens (including phenoxy) is 1. The number of hydrogen-bond acceptors (Lipinski definition) is 5. The number of carbonyl (C=O) groups excluding carboxylic acids is 2. The Labute approximate surface area is 150 Å². The quantitative estimate of drug-likeness (QED) is 0.825. The molecule has 1 aliphatic rings. The molecule has 3 rings (SSSR count). The zero-order valence-electron chi connectivity index (χ0n) is 13.7. The maximum Gasteiger partial charge on any atom is 0.414 e. The molecule has 2 amide bonds. The fourth-order valence-electron chi connectivity index (χ4n) is 2.46. The van der Waals surface area contributed by atoms with Gasteiger partial charge in [0.2, 0.25) is 5.91 Å². The molecule has 25 heavy (non-hydrogen) atoms. The highest BCUT2D eigenvalue weighted by Gasteiger charge is 2.23. The molecule has 1 aliphatic heterocycles. The molecule has 0 unspecified atom stereocenters. The van der Waals surface area contributed by atoms with Crippen molar-refractivity contribution in [3.05, 3.63) is 59.9 Å². The van der Waals surface area contributed by atoms with Gasteiger partial charge in [-0.05, 0) is 29.3 Å². The SMILES string of the molecule is O=C(CSCc1cccnc1)NCc1cccc(N2CCOC2=O)c1. The van der Waals surface area contributed by atoms with Crippen LogP contribution in [0, 0.1) is 0 Å². The lowest BCUT2D eigenvalue weighted by Crippen LogP contribution is -2.25. The van der Waals surface area contributed by atoms with Crippen LogP contribution >= 0.6 is 11.8 Å². The van der Waals surface area contributed by atoms with Crippen molar-refractivity contribution in [2.45, 2.75) is 12.3 Å². The smallest absolute Gasteiger partial charge is 0.414 e. The van der Waals surface area contributed by atoms with Crippen molar-refractivity contribution in [2.75, 3.05) is 23.8 Å². The summed E-state index contributed by atoms with van der Waals surface area (Å²) in [5, 5.41) is 2.90. The van der Waals surface area contributed by atoms with E-state index in [-0.39, 0.29) is 12.0 Å². The molecular formula is C18H19N3O3S. The number of carbonyl (C=O) groups is 2. The minimum absolute atomic E-state index is 0.0140. The minimum Gasteiger partial charge on any atom is -0.447 e. The maximum atomic E-state index is 12.0. The average molecular weight is 357 g/mol. The van der Waals surface area contributed by atoms with Crippen molar-refractivity contribution in [2.24, 2.45) is 0 Å². The molecule has 1 saturated heterocycles. The number of aromatic nitrogens is 1. The van der Waals surface area contributed by atoms with Crippen LogP contribution in [0.3, 0.4) is 0 Å². The Kier molecular flexibility index (Phi) is 5.90. The number of benzene rings is 1. The first-order valence-electron chi connectivity index (χ1n) is 7.99. The van der Waals surface area contributed by atoms with Crippen LogP contribution < -0.4 is 10.2 Å². The summed E-state index contributed by atoms with van der Waals surface area (Å²) in [6, 6.07) is 11.4. The van der Waals surface area contributed by atoms with Crippen molar-refractivity contribution in [1.29, 1.82) is 0 Å². The van der Waals surface area contributed by atoms with E-state index in [1.54, 1.807) is 29.1 Å². The summed E-state index contributed by atoms with van der Waals surface area (Å²) in [5.74, 6) is 1.14. The monoisotopic (exact) mass is 357 g/mol. The molecule has 1 fully saturated rings. The van der Waals surface area contributed by atoms with Gasteiger partial charge < -0.3 is 10.1 Å². The zero-order chi connectivity index (χ0) is 17.5. The van der Waals surface area contributed by atoms with Gasteiger partial charge in [-0.3, -0.25) is 14.7 Å². The van der Waals surface area contributed by atoms with Gasteiger partial charge in [0.15, 0.2) is 0 Å². The predicted octanol–water partition coefficient (Wildman–Crippen LogP) is 2.59. The van der Waals surface area contributed by atoms with E-state index in [9.17, 15) is 9.59 Å². The van der Waals surface area contributed by atoms with E-state index < -0.39 is 0 Å². The molecule has 0 aliphatic carbocycles. The van der Waals surface area contributed by atoms with E-state index in [2.05, 4.69) is 10.3 Å². The second-order valence-corrected chi connectivity index (χ2v) is 6.55. The third-order valence-electron chi connectivity index (χ3n) is 3.70. The number of thioether (sulfide) groups is 1. The topological polar surface area (TPSA) is 71.5 Å². The first kappa shape index (κ1) is 17.3. The Morgan fingerprint density at radius 2 is 2.16 bits per heavy atom. The van der Waals surface area contributed by atoms with E-state index in [0.29, 0.717) is 25.4 Å². The summed E-state index contributed by atoms with van der Waals surface area (Å²) < 4.78 is 4.95. The van der Waals surface area contributed by atoms with Gasteiger partial charge in [0.25, 0.3) is 0 Å². The predicted molar refractivity (Wildman–Crippen MR) is 97.4 cm³/mol. The second-order valence-electron chi connectivity index (χ2n) is 5.57. The van der Waals surface area contributed by atoms with Gasteiger partial charge in [-0.1, -0.05) is 18.2 Å². The summed E-state index contributed by atoms with van der Waals surface area (Å²) in [5.41, 5.74) is 2.84. The van der Waals surface area contributed by atoms with Crippen molar-refractivity contribution >= 4 is 29.4 Å². The number of rotatable bonds is 7. The Morgan fingerprint density at radius 1 is 1.28 bits per heavy atom. The van der Waals surface area contributed by atoms with Crippen LogP contribution in [0.1, 0.15) is 11.1 Å². The summed E-state index contributed by atoms with van der Waals surface area (Å²) >= 11 is 1.55. The van der Waals surface area contributed by atoms with Gasteiger partial charge in [-0.15, -0.1) is 11.8 Å². The highest BCUT2D eigenvalue weighted by molar-refractivity contribution is 7.99. The second kappa shape index (κ2) is 8.53. The van der Waals surface area contributed by atoms with Crippen LogP contribution in [-0.2, 0) is 21.8 Å². The molecule has 6 nitrogen and oxygen atoms in total. The molecule has 7 heteroatoms. The molecule has 1 aromatic heterocycles. The Hall–Kier alpha value is -2.54. The summed E-state index contributed by atoms with van der Waals surface area (Å²) in [7, 11) is 0. The standard InChI is InChI=1S/C18H19N3O3S/c22-17(13-25-12-15-4-2-6-19-10-15)20-11-14-3-1-5-16(9-14)21-7-8-24-18(21)23/h1-6,9-10H,7-8,11-13H2,(H,20,22). The van der Waals surface area contributed by atoms with Gasteiger partial charge in [-0.2, -0.15) is 0 Å². The van der Waals surface area contributed by atoms with Crippen LogP contribution in [-0.4, -0.2) is 35.9 Å². The van der Waals surface area contributed by atoms with Crippen molar-refractivity contribution in [1.82, 2.24) is 10.3 Å². The molecule has 130 valence electrons. The fraction of sp³-hybridized carbons (Fsp3) is 0.278. The molecular weight excluding hydrogens is 338 g/mol. The van der Waals surface area contributed by atoms with Crippen LogP contribution in [0.5, 0.6) is 0 Å². The van der Waals surface area contributed by atoms with E-state index in [1.165, 1.54) is 0 Å². The lowest BCUT2D eigenvalue weighted by Gasteiger charge is -2.14. The molecule has 0 spiro atoms. The zero-order valence-corrected chi connectivity index (χ0v) is 14.5. The van der Waals surface area contributed by atoms with E-state index in [0.717, 1.165) is 22.6 Å². The molecule has 0 bridgehead atoms. The van der Waals surface area contributed by atoms with Crippen molar-refractivity contribution in [3.63, 3.8) is 0 Å². The molecule has 1 aromatic carbocycles. The van der Waals surface area contributed by atoms with Crippen LogP contribution in [0.2, 0.25) is 0 Å². The number of cyclic esters (lactones) is 1. The first-order chi connectivity index (χ1) is 12.2. The molecule has 0 radical (unpaired) electrons. The van der Waals surface area contributed by atoms with E-state index in [4.69, 9.17) is 4.74 Å². The van der Waals surface area contributed by atoms with Crippen LogP contribution in [0.15, 0.2) is 48.8 Å². The van der Waals surface area contributed by atoms with Gasteiger partial charge in [0.05, 0.1) is 12.3 Å². The lowest BCUT2D eigenvalue weighted by atomic mass is 10.2. The molecule has 0 atom stereocenters. The number of amides is 2. The third kappa shape index (κ3) is 4.96.